The van der Waals surface area contributed by atoms with Crippen LogP contribution in [0, 0.1) is 6.92 Å². The highest BCUT2D eigenvalue weighted by Gasteiger charge is 2.15. The Balaban J connectivity index is 1.57. The lowest BCUT2D eigenvalue weighted by Crippen LogP contribution is -2.15. The number of amides is 1. The summed E-state index contributed by atoms with van der Waals surface area (Å²) in [6, 6.07) is 12.9. The van der Waals surface area contributed by atoms with E-state index in [4.69, 9.17) is 9.47 Å². The summed E-state index contributed by atoms with van der Waals surface area (Å²) in [5.74, 6) is 1.61. The smallest absolute Gasteiger partial charge is 0.277 e. The van der Waals surface area contributed by atoms with Crippen LogP contribution in [0.4, 0.5) is 5.82 Å². The molecule has 7 nitrogen and oxygen atoms in total. The van der Waals surface area contributed by atoms with Gasteiger partial charge in [-0.2, -0.15) is 5.10 Å². The number of fused-ring (bicyclic) bond motifs is 1. The van der Waals surface area contributed by atoms with Crippen LogP contribution in [0.25, 0.3) is 11.3 Å². The molecule has 4 rings (SSSR count). The van der Waals surface area contributed by atoms with Crippen molar-refractivity contribution in [2.45, 2.75) is 6.92 Å². The molecule has 1 N–H and O–H groups in total. The molecule has 7 heteroatoms. The minimum Gasteiger partial charge on any atom is -0.486 e. The van der Waals surface area contributed by atoms with E-state index in [1.165, 1.54) is 0 Å². The lowest BCUT2D eigenvalue weighted by atomic mass is 10.1. The number of pyridine rings is 1. The lowest BCUT2D eigenvalue weighted by molar-refractivity contribution is 0.102. The lowest BCUT2D eigenvalue weighted by Gasteiger charge is -2.18. The Labute approximate surface area is 150 Å². The summed E-state index contributed by atoms with van der Waals surface area (Å²) in [5.41, 5.74) is 2.89. The van der Waals surface area contributed by atoms with Crippen LogP contribution in [0.3, 0.4) is 0 Å². The van der Waals surface area contributed by atoms with Crippen LogP contribution in [0.15, 0.2) is 42.5 Å². The molecule has 0 bridgehead atoms. The molecule has 3 heterocycles. The number of rotatable bonds is 3. The summed E-state index contributed by atoms with van der Waals surface area (Å²) in [6.07, 6.45) is 0. The monoisotopic (exact) mass is 350 g/mol. The van der Waals surface area contributed by atoms with Gasteiger partial charge in [0.1, 0.15) is 19.0 Å². The fraction of sp³-hybridized carbons (Fsp3) is 0.211. The summed E-state index contributed by atoms with van der Waals surface area (Å²) in [5, 5.41) is 6.97. The van der Waals surface area contributed by atoms with E-state index in [1.807, 2.05) is 37.3 Å². The standard InChI is InChI=1S/C19H18N4O3/c1-12-10-15(22-23(12)2)19(24)21-18-5-3-4-14(20-18)13-6-7-16-17(11-13)26-9-8-25-16/h3-7,10-11H,8-9H2,1-2H3,(H,20,21,24). The first kappa shape index (κ1) is 16.1. The van der Waals surface area contributed by atoms with Crippen LogP contribution >= 0.6 is 0 Å². The van der Waals surface area contributed by atoms with Gasteiger partial charge in [0.15, 0.2) is 17.2 Å². The fourth-order valence-corrected chi connectivity index (χ4v) is 2.72. The molecule has 0 aliphatic carbocycles. The molecular formula is C19H18N4O3. The number of carbonyl (C=O) groups excluding carboxylic acids is 1. The third-order valence-electron chi connectivity index (χ3n) is 4.18. The number of benzene rings is 1. The first-order valence-corrected chi connectivity index (χ1v) is 8.29. The summed E-state index contributed by atoms with van der Waals surface area (Å²) in [4.78, 5) is 16.9. The van der Waals surface area contributed by atoms with Gasteiger partial charge in [-0.15, -0.1) is 0 Å². The molecule has 0 spiro atoms. The Hall–Kier alpha value is -3.35. The van der Waals surface area contributed by atoms with Crippen molar-refractivity contribution in [3.8, 4) is 22.8 Å². The van der Waals surface area contributed by atoms with Gasteiger partial charge in [-0.3, -0.25) is 9.48 Å². The Morgan fingerprint density at radius 2 is 1.92 bits per heavy atom. The number of nitrogens with zero attached hydrogens (tertiary/aromatic N) is 3. The average molecular weight is 350 g/mol. The highest BCUT2D eigenvalue weighted by molar-refractivity contribution is 6.02. The Morgan fingerprint density at radius 1 is 1.12 bits per heavy atom. The molecule has 3 aromatic rings. The van der Waals surface area contributed by atoms with Crippen molar-refractivity contribution in [3.05, 3.63) is 53.9 Å². The van der Waals surface area contributed by atoms with Gasteiger partial charge in [0.05, 0.1) is 5.69 Å². The Morgan fingerprint density at radius 3 is 2.69 bits per heavy atom. The number of hydrogen-bond acceptors (Lipinski definition) is 5. The first-order valence-electron chi connectivity index (χ1n) is 8.29. The fourth-order valence-electron chi connectivity index (χ4n) is 2.72. The van der Waals surface area contributed by atoms with Gasteiger partial charge in [0.25, 0.3) is 5.91 Å². The molecule has 1 aliphatic heterocycles. The van der Waals surface area contributed by atoms with Gasteiger partial charge >= 0.3 is 0 Å². The molecule has 1 aromatic carbocycles. The molecule has 1 aliphatic rings. The summed E-state index contributed by atoms with van der Waals surface area (Å²) < 4.78 is 12.8. The quantitative estimate of drug-likeness (QED) is 0.786. The third kappa shape index (κ3) is 3.11. The van der Waals surface area contributed by atoms with Crippen molar-refractivity contribution >= 4 is 11.7 Å². The van der Waals surface area contributed by atoms with Gasteiger partial charge in [0, 0.05) is 18.3 Å². The van der Waals surface area contributed by atoms with Crippen LogP contribution in [-0.2, 0) is 7.05 Å². The molecule has 0 saturated heterocycles. The maximum Gasteiger partial charge on any atom is 0.277 e. The van der Waals surface area contributed by atoms with Crippen molar-refractivity contribution in [3.63, 3.8) is 0 Å². The molecule has 26 heavy (non-hydrogen) atoms. The predicted octanol–water partition coefficient (Wildman–Crippen LogP) is 2.81. The number of aromatic nitrogens is 3. The van der Waals surface area contributed by atoms with Gasteiger partial charge in [-0.05, 0) is 43.3 Å². The Bertz CT molecular complexity index is 961. The van der Waals surface area contributed by atoms with Crippen molar-refractivity contribution in [1.29, 1.82) is 0 Å². The van der Waals surface area contributed by atoms with E-state index in [-0.39, 0.29) is 5.91 Å². The van der Waals surface area contributed by atoms with Crippen molar-refractivity contribution in [1.82, 2.24) is 14.8 Å². The zero-order valence-electron chi connectivity index (χ0n) is 14.5. The van der Waals surface area contributed by atoms with Gasteiger partial charge in [-0.1, -0.05) is 6.07 Å². The molecule has 0 radical (unpaired) electrons. The highest BCUT2D eigenvalue weighted by atomic mass is 16.6. The second kappa shape index (κ2) is 6.51. The number of aryl methyl sites for hydroxylation is 2. The van der Waals surface area contributed by atoms with Crippen LogP contribution in [0.2, 0.25) is 0 Å². The third-order valence-corrected chi connectivity index (χ3v) is 4.18. The van der Waals surface area contributed by atoms with Gasteiger partial charge in [0.2, 0.25) is 0 Å². The SMILES string of the molecule is Cc1cc(C(=O)Nc2cccc(-c3ccc4c(c3)OCCO4)n2)nn1C. The number of ether oxygens (including phenoxy) is 2. The number of carbonyl (C=O) groups is 1. The first-order chi connectivity index (χ1) is 12.6. The predicted molar refractivity (Wildman–Crippen MR) is 96.6 cm³/mol. The molecule has 0 unspecified atom stereocenters. The number of nitrogens with one attached hydrogen (secondary N) is 1. The van der Waals surface area contributed by atoms with Crippen LogP contribution in [0.5, 0.6) is 11.5 Å². The molecule has 132 valence electrons. The second-order valence-corrected chi connectivity index (χ2v) is 6.02. The molecule has 0 saturated carbocycles. The van der Waals surface area contributed by atoms with Crippen molar-refractivity contribution in [2.75, 3.05) is 18.5 Å². The van der Waals surface area contributed by atoms with E-state index in [9.17, 15) is 4.79 Å². The number of hydrogen-bond donors (Lipinski definition) is 1. The second-order valence-electron chi connectivity index (χ2n) is 6.02. The van der Waals surface area contributed by atoms with Crippen LogP contribution < -0.4 is 14.8 Å². The Kier molecular flexibility index (Phi) is 4.04. The summed E-state index contributed by atoms with van der Waals surface area (Å²) >= 11 is 0. The van der Waals surface area contributed by atoms with Gasteiger partial charge < -0.3 is 14.8 Å². The normalized spacial score (nSPS) is 12.7. The largest absolute Gasteiger partial charge is 0.486 e. The number of anilines is 1. The molecule has 1 amide bonds. The maximum absolute atomic E-state index is 12.4. The molecule has 2 aromatic heterocycles. The zero-order chi connectivity index (χ0) is 18.1. The van der Waals surface area contributed by atoms with Crippen LogP contribution in [-0.4, -0.2) is 33.9 Å². The van der Waals surface area contributed by atoms with E-state index >= 15 is 0 Å². The molecular weight excluding hydrogens is 332 g/mol. The van der Waals surface area contributed by atoms with E-state index < -0.39 is 0 Å². The van der Waals surface area contributed by atoms with Crippen LogP contribution in [0.1, 0.15) is 16.2 Å². The average Bonchev–Trinajstić information content (AvgIpc) is 3.00. The van der Waals surface area contributed by atoms with Gasteiger partial charge in [-0.25, -0.2) is 4.98 Å². The van der Waals surface area contributed by atoms with E-state index in [0.29, 0.717) is 30.5 Å². The van der Waals surface area contributed by atoms with E-state index in [1.54, 1.807) is 23.9 Å². The van der Waals surface area contributed by atoms with Crippen molar-refractivity contribution < 1.29 is 14.3 Å². The summed E-state index contributed by atoms with van der Waals surface area (Å²) in [6.45, 7) is 2.98. The van der Waals surface area contributed by atoms with E-state index in [2.05, 4.69) is 15.4 Å². The highest BCUT2D eigenvalue weighted by Crippen LogP contribution is 2.34. The summed E-state index contributed by atoms with van der Waals surface area (Å²) in [7, 11) is 1.80. The zero-order valence-corrected chi connectivity index (χ0v) is 14.5. The molecule has 0 fully saturated rings. The van der Waals surface area contributed by atoms with E-state index in [0.717, 1.165) is 22.7 Å². The topological polar surface area (TPSA) is 78.3 Å². The molecule has 0 atom stereocenters. The minimum absolute atomic E-state index is 0.291. The maximum atomic E-state index is 12.4. The van der Waals surface area contributed by atoms with Crippen molar-refractivity contribution in [2.24, 2.45) is 7.05 Å². The minimum atomic E-state index is -0.291.